The molecule has 2 N–H and O–H groups in total. The zero-order valence-corrected chi connectivity index (χ0v) is 7.77. The summed E-state index contributed by atoms with van der Waals surface area (Å²) < 4.78 is 0. The maximum Gasteiger partial charge on any atom is 0.0431 e. The first kappa shape index (κ1) is 10.9. The Hall–Kier alpha value is -0.0800. The van der Waals surface area contributed by atoms with Gasteiger partial charge in [-0.2, -0.15) is 0 Å². The van der Waals surface area contributed by atoms with Crippen LogP contribution in [0, 0.1) is 0 Å². The van der Waals surface area contributed by atoms with E-state index in [0.717, 1.165) is 19.4 Å². The summed E-state index contributed by atoms with van der Waals surface area (Å²) in [7, 11) is 0. The molecule has 0 rings (SSSR count). The Labute approximate surface area is 70.0 Å². The van der Waals surface area contributed by atoms with Crippen LogP contribution in [0.3, 0.4) is 0 Å². The molecule has 2 nitrogen and oxygen atoms in total. The molecule has 0 fully saturated rings. The molecule has 1 unspecified atom stereocenters. The van der Waals surface area contributed by atoms with Gasteiger partial charge in [-0.25, -0.2) is 0 Å². The van der Waals surface area contributed by atoms with Crippen molar-refractivity contribution in [2.24, 2.45) is 0 Å². The summed E-state index contributed by atoms with van der Waals surface area (Å²) in [6.07, 6.45) is 4.58. The molecule has 0 aromatic carbocycles. The van der Waals surface area contributed by atoms with Gasteiger partial charge < -0.3 is 10.4 Å². The van der Waals surface area contributed by atoms with E-state index in [2.05, 4.69) is 19.2 Å². The Balaban J connectivity index is 2.97. The molecule has 0 heterocycles. The van der Waals surface area contributed by atoms with Crippen molar-refractivity contribution in [2.75, 3.05) is 13.2 Å². The average Bonchev–Trinajstić information content (AvgIpc) is 1.99. The van der Waals surface area contributed by atoms with Crippen LogP contribution in [0.25, 0.3) is 0 Å². The third-order valence-electron chi connectivity index (χ3n) is 1.85. The summed E-state index contributed by atoms with van der Waals surface area (Å²) in [5.41, 5.74) is 0. The highest BCUT2D eigenvalue weighted by Crippen LogP contribution is 2.02. The van der Waals surface area contributed by atoms with Crippen molar-refractivity contribution in [3.63, 3.8) is 0 Å². The summed E-state index contributed by atoms with van der Waals surface area (Å²) in [5.74, 6) is 0. The molecular weight excluding hydrogens is 138 g/mol. The molecule has 2 heteroatoms. The standard InChI is InChI=1S/C9H21NO/c1-3-10-9(2)7-5-4-6-8-11/h9-11H,3-8H2,1-2H3. The molecule has 0 bridgehead atoms. The van der Waals surface area contributed by atoms with Gasteiger partial charge in [0.25, 0.3) is 0 Å². The van der Waals surface area contributed by atoms with Gasteiger partial charge in [-0.1, -0.05) is 19.8 Å². The molecule has 0 radical (unpaired) electrons. The lowest BCUT2D eigenvalue weighted by Gasteiger charge is -2.10. The number of unbranched alkanes of at least 4 members (excludes halogenated alkanes) is 2. The lowest BCUT2D eigenvalue weighted by atomic mass is 10.1. The van der Waals surface area contributed by atoms with Gasteiger partial charge in [0.1, 0.15) is 0 Å². The first-order valence-corrected chi connectivity index (χ1v) is 4.65. The third kappa shape index (κ3) is 7.82. The largest absolute Gasteiger partial charge is 0.396 e. The lowest BCUT2D eigenvalue weighted by Crippen LogP contribution is -2.25. The van der Waals surface area contributed by atoms with Crippen molar-refractivity contribution in [3.05, 3.63) is 0 Å². The topological polar surface area (TPSA) is 32.3 Å². The molecule has 0 aliphatic rings. The van der Waals surface area contributed by atoms with Crippen LogP contribution in [0.4, 0.5) is 0 Å². The summed E-state index contributed by atoms with van der Waals surface area (Å²) in [6, 6.07) is 0.638. The van der Waals surface area contributed by atoms with E-state index in [1.807, 2.05) is 0 Å². The number of hydrogen-bond donors (Lipinski definition) is 2. The number of nitrogens with one attached hydrogen (secondary N) is 1. The van der Waals surface area contributed by atoms with Gasteiger partial charge in [-0.15, -0.1) is 0 Å². The lowest BCUT2D eigenvalue weighted by molar-refractivity contribution is 0.281. The minimum atomic E-state index is 0.343. The Morgan fingerprint density at radius 2 is 2.00 bits per heavy atom. The van der Waals surface area contributed by atoms with Crippen molar-refractivity contribution in [3.8, 4) is 0 Å². The van der Waals surface area contributed by atoms with Gasteiger partial charge >= 0.3 is 0 Å². The Morgan fingerprint density at radius 1 is 1.27 bits per heavy atom. The zero-order chi connectivity index (χ0) is 8.53. The fourth-order valence-electron chi connectivity index (χ4n) is 1.19. The van der Waals surface area contributed by atoms with E-state index < -0.39 is 0 Å². The van der Waals surface area contributed by atoms with E-state index in [9.17, 15) is 0 Å². The molecular formula is C9H21NO. The second-order valence-corrected chi connectivity index (χ2v) is 3.03. The summed E-state index contributed by atoms with van der Waals surface area (Å²) >= 11 is 0. The van der Waals surface area contributed by atoms with Gasteiger partial charge in [-0.05, 0) is 26.3 Å². The van der Waals surface area contributed by atoms with Crippen LogP contribution in [0.1, 0.15) is 39.5 Å². The minimum Gasteiger partial charge on any atom is -0.396 e. The van der Waals surface area contributed by atoms with E-state index in [1.54, 1.807) is 0 Å². The number of rotatable bonds is 7. The average molecular weight is 159 g/mol. The Bertz CT molecular complexity index is 76.0. The smallest absolute Gasteiger partial charge is 0.0431 e. The summed E-state index contributed by atoms with van der Waals surface area (Å²) in [5, 5.41) is 11.9. The predicted molar refractivity (Wildman–Crippen MR) is 48.7 cm³/mol. The van der Waals surface area contributed by atoms with E-state index in [-0.39, 0.29) is 0 Å². The monoisotopic (exact) mass is 159 g/mol. The highest BCUT2D eigenvalue weighted by molar-refractivity contribution is 4.58. The first-order valence-electron chi connectivity index (χ1n) is 4.65. The van der Waals surface area contributed by atoms with Crippen LogP contribution >= 0.6 is 0 Å². The number of aliphatic hydroxyl groups is 1. The van der Waals surface area contributed by atoms with E-state index in [0.29, 0.717) is 12.6 Å². The molecule has 0 saturated heterocycles. The maximum absolute atomic E-state index is 8.52. The second-order valence-electron chi connectivity index (χ2n) is 3.03. The molecule has 11 heavy (non-hydrogen) atoms. The maximum atomic E-state index is 8.52. The fraction of sp³-hybridized carbons (Fsp3) is 1.00. The molecule has 0 aromatic heterocycles. The van der Waals surface area contributed by atoms with Crippen molar-refractivity contribution < 1.29 is 5.11 Å². The van der Waals surface area contributed by atoms with Crippen LogP contribution in [-0.2, 0) is 0 Å². The van der Waals surface area contributed by atoms with E-state index in [1.165, 1.54) is 12.8 Å². The van der Waals surface area contributed by atoms with Crippen molar-refractivity contribution in [1.82, 2.24) is 5.32 Å². The molecule has 68 valence electrons. The summed E-state index contributed by atoms with van der Waals surface area (Å²) in [4.78, 5) is 0. The second kappa shape index (κ2) is 8.02. The number of hydrogen-bond acceptors (Lipinski definition) is 2. The molecule has 0 aromatic rings. The van der Waals surface area contributed by atoms with E-state index >= 15 is 0 Å². The van der Waals surface area contributed by atoms with Gasteiger partial charge in [-0.3, -0.25) is 0 Å². The third-order valence-corrected chi connectivity index (χ3v) is 1.85. The molecule has 0 aliphatic carbocycles. The highest BCUT2D eigenvalue weighted by Gasteiger charge is 1.97. The van der Waals surface area contributed by atoms with Crippen molar-refractivity contribution in [1.29, 1.82) is 0 Å². The van der Waals surface area contributed by atoms with E-state index in [4.69, 9.17) is 5.11 Å². The van der Waals surface area contributed by atoms with Gasteiger partial charge in [0, 0.05) is 12.6 Å². The Morgan fingerprint density at radius 3 is 2.55 bits per heavy atom. The van der Waals surface area contributed by atoms with Gasteiger partial charge in [0.05, 0.1) is 0 Å². The van der Waals surface area contributed by atoms with Gasteiger partial charge in [0.2, 0.25) is 0 Å². The highest BCUT2D eigenvalue weighted by atomic mass is 16.2. The number of aliphatic hydroxyl groups excluding tert-OH is 1. The van der Waals surface area contributed by atoms with Gasteiger partial charge in [0.15, 0.2) is 0 Å². The van der Waals surface area contributed by atoms with Crippen LogP contribution in [0.15, 0.2) is 0 Å². The van der Waals surface area contributed by atoms with Crippen LogP contribution in [0.2, 0.25) is 0 Å². The Kier molecular flexibility index (Phi) is 7.96. The van der Waals surface area contributed by atoms with Crippen molar-refractivity contribution in [2.45, 2.75) is 45.6 Å². The zero-order valence-electron chi connectivity index (χ0n) is 7.77. The summed E-state index contributed by atoms with van der Waals surface area (Å²) in [6.45, 7) is 5.74. The van der Waals surface area contributed by atoms with Crippen LogP contribution < -0.4 is 5.32 Å². The normalized spacial score (nSPS) is 13.4. The minimum absolute atomic E-state index is 0.343. The molecule has 1 atom stereocenters. The quantitative estimate of drug-likeness (QED) is 0.552. The van der Waals surface area contributed by atoms with Crippen LogP contribution in [-0.4, -0.2) is 24.3 Å². The first-order chi connectivity index (χ1) is 5.31. The molecule has 0 amide bonds. The SMILES string of the molecule is CCNC(C)CCCCCO. The van der Waals surface area contributed by atoms with Crippen molar-refractivity contribution >= 4 is 0 Å². The fourth-order valence-corrected chi connectivity index (χ4v) is 1.19. The molecule has 0 saturated carbocycles. The molecule has 0 aliphatic heterocycles. The predicted octanol–water partition coefficient (Wildman–Crippen LogP) is 1.54. The van der Waals surface area contributed by atoms with Crippen LogP contribution in [0.5, 0.6) is 0 Å². The molecule has 0 spiro atoms.